The van der Waals surface area contributed by atoms with Crippen molar-refractivity contribution in [2.75, 3.05) is 7.05 Å². The maximum atomic E-state index is 6.97. The molecule has 0 aromatic rings. The lowest BCUT2D eigenvalue weighted by atomic mass is 9.72. The summed E-state index contributed by atoms with van der Waals surface area (Å²) in [5.74, 6) is 1.38. The van der Waals surface area contributed by atoms with Gasteiger partial charge in [0.05, 0.1) is 41.0 Å². The fraction of sp³-hybridized carbons (Fsp3) is 0.679. The topological polar surface area (TPSA) is 90.4 Å². The van der Waals surface area contributed by atoms with E-state index in [9.17, 15) is 0 Å². The third-order valence-electron chi connectivity index (χ3n) is 7.59. The van der Waals surface area contributed by atoms with Crippen molar-refractivity contribution in [3.63, 3.8) is 0 Å². The molecular weight excluding hydrogens is 470 g/mol. The molecule has 0 amide bonds. The molecule has 36 heavy (non-hydrogen) atoms. The molecule has 0 fully saturated rings. The summed E-state index contributed by atoms with van der Waals surface area (Å²) in [4.78, 5) is 16.7. The number of allylic oxidation sites excluding steroid dienone is 2. The van der Waals surface area contributed by atoms with E-state index in [0.717, 1.165) is 35.1 Å². The van der Waals surface area contributed by atoms with Gasteiger partial charge in [-0.3, -0.25) is 0 Å². The average Bonchev–Trinajstić information content (AvgIpc) is 2.73. The first-order chi connectivity index (χ1) is 16.4. The van der Waals surface area contributed by atoms with Gasteiger partial charge in [-0.2, -0.15) is 0 Å². The highest BCUT2D eigenvalue weighted by Crippen LogP contribution is 2.44. The summed E-state index contributed by atoms with van der Waals surface area (Å²) in [7, 11) is 2.11. The van der Waals surface area contributed by atoms with Crippen molar-refractivity contribution in [1.29, 1.82) is 0 Å². The van der Waals surface area contributed by atoms with Gasteiger partial charge >= 0.3 is 0 Å². The lowest BCUT2D eigenvalue weighted by Crippen LogP contribution is -2.48. The molecule has 0 saturated carbocycles. The van der Waals surface area contributed by atoms with Crippen molar-refractivity contribution >= 4 is 29.7 Å². The lowest BCUT2D eigenvalue weighted by Gasteiger charge is -2.44. The molecule has 8 heteroatoms. The lowest BCUT2D eigenvalue weighted by molar-refractivity contribution is 0.194. The molecule has 200 valence electrons. The SMILES string of the molecule is CC1=CNC(N)=NC1C(C)(C)CC1=C(C)C(C(C)(C)CC2=C(Cl)C(C(C)(C)C)NC(C)=N2)N(C)C=N1. The van der Waals surface area contributed by atoms with Gasteiger partial charge in [0.2, 0.25) is 0 Å². The summed E-state index contributed by atoms with van der Waals surface area (Å²) in [6.07, 6.45) is 5.51. The number of nitrogens with one attached hydrogen (secondary N) is 2. The second-order valence-corrected chi connectivity index (χ2v) is 13.6. The highest BCUT2D eigenvalue weighted by molar-refractivity contribution is 6.31. The smallest absolute Gasteiger partial charge is 0.193 e. The predicted octanol–water partition coefficient (Wildman–Crippen LogP) is 5.51. The number of nitrogens with two attached hydrogens (primary N) is 1. The summed E-state index contributed by atoms with van der Waals surface area (Å²) >= 11 is 6.97. The molecule has 3 atom stereocenters. The van der Waals surface area contributed by atoms with E-state index >= 15 is 0 Å². The third kappa shape index (κ3) is 5.82. The van der Waals surface area contributed by atoms with Crippen LogP contribution in [0.25, 0.3) is 0 Å². The fourth-order valence-electron chi connectivity index (χ4n) is 5.95. The third-order valence-corrected chi connectivity index (χ3v) is 8.03. The summed E-state index contributed by atoms with van der Waals surface area (Å²) in [6, 6.07) is 0.218. The molecule has 3 unspecified atom stereocenters. The van der Waals surface area contributed by atoms with Crippen molar-refractivity contribution in [1.82, 2.24) is 15.5 Å². The zero-order valence-electron chi connectivity index (χ0n) is 24.0. The van der Waals surface area contributed by atoms with Crippen molar-refractivity contribution in [3.05, 3.63) is 33.8 Å². The van der Waals surface area contributed by atoms with Crippen LogP contribution in [0.15, 0.2) is 48.7 Å². The molecule has 7 nitrogen and oxygen atoms in total. The molecule has 0 aromatic heterocycles. The Balaban J connectivity index is 1.92. The fourth-order valence-corrected chi connectivity index (χ4v) is 6.45. The molecule has 0 spiro atoms. The molecular formula is C28H46ClN7. The van der Waals surface area contributed by atoms with Crippen LogP contribution < -0.4 is 16.4 Å². The van der Waals surface area contributed by atoms with Crippen molar-refractivity contribution in [2.45, 2.75) is 100 Å². The standard InChI is InChI=1S/C28H46ClN7/c1-16-14-31-25(30)35-22(16)27(7,8)12-19-17(2)24(36(11)15-32-19)28(9,10)13-20-21(29)23(26(4,5)6)34-18(3)33-20/h14-15,22-24H,12-13H2,1-11H3,(H,33,34)(H3,30,31,35). The van der Waals surface area contributed by atoms with Crippen molar-refractivity contribution in [3.8, 4) is 0 Å². The summed E-state index contributed by atoms with van der Waals surface area (Å²) < 4.78 is 0. The molecule has 0 bridgehead atoms. The monoisotopic (exact) mass is 515 g/mol. The molecule has 0 aliphatic carbocycles. The zero-order chi connectivity index (χ0) is 27.2. The Morgan fingerprint density at radius 1 is 1.00 bits per heavy atom. The zero-order valence-corrected chi connectivity index (χ0v) is 24.8. The predicted molar refractivity (Wildman–Crippen MR) is 154 cm³/mol. The number of hydrogen-bond acceptors (Lipinski definition) is 7. The second-order valence-electron chi connectivity index (χ2n) is 13.2. The minimum Gasteiger partial charge on any atom is -0.370 e. The minimum atomic E-state index is -0.145. The molecule has 0 saturated heterocycles. The van der Waals surface area contributed by atoms with E-state index in [1.54, 1.807) is 0 Å². The van der Waals surface area contributed by atoms with Crippen LogP contribution in [0, 0.1) is 16.2 Å². The first kappa shape index (κ1) is 28.3. The van der Waals surface area contributed by atoms with E-state index in [1.165, 1.54) is 11.1 Å². The Kier molecular flexibility index (Phi) is 7.77. The van der Waals surface area contributed by atoms with E-state index in [4.69, 9.17) is 32.3 Å². The van der Waals surface area contributed by atoms with Crippen LogP contribution in [-0.4, -0.2) is 48.2 Å². The van der Waals surface area contributed by atoms with Crippen LogP contribution in [0.5, 0.6) is 0 Å². The number of rotatable bonds is 6. The Morgan fingerprint density at radius 2 is 1.61 bits per heavy atom. The second kappa shape index (κ2) is 9.88. The Labute approximate surface area is 223 Å². The van der Waals surface area contributed by atoms with E-state index in [0.29, 0.717) is 5.96 Å². The first-order valence-electron chi connectivity index (χ1n) is 12.9. The molecule has 3 heterocycles. The molecule has 4 N–H and O–H groups in total. The van der Waals surface area contributed by atoms with Crippen LogP contribution in [-0.2, 0) is 0 Å². The number of likely N-dealkylation sites (N-methyl/N-ethyl adjacent to an activating group) is 1. The van der Waals surface area contributed by atoms with Gasteiger partial charge in [-0.25, -0.2) is 15.0 Å². The summed E-state index contributed by atoms with van der Waals surface area (Å²) in [5.41, 5.74) is 10.3. The average molecular weight is 516 g/mol. The largest absolute Gasteiger partial charge is 0.370 e. The van der Waals surface area contributed by atoms with Gasteiger partial charge in [-0.05, 0) is 61.0 Å². The normalized spacial score (nSPS) is 25.8. The van der Waals surface area contributed by atoms with Crippen LogP contribution in [0.4, 0.5) is 0 Å². The number of aliphatic imine (C=N–C) groups is 3. The molecule has 0 radical (unpaired) electrons. The maximum absolute atomic E-state index is 6.97. The van der Waals surface area contributed by atoms with Crippen LogP contribution in [0.2, 0.25) is 0 Å². The Hall–Kier alpha value is -2.28. The van der Waals surface area contributed by atoms with Crippen LogP contribution in [0.3, 0.4) is 0 Å². The number of amidine groups is 1. The highest BCUT2D eigenvalue weighted by Gasteiger charge is 2.41. The van der Waals surface area contributed by atoms with E-state index in [-0.39, 0.29) is 34.4 Å². The first-order valence-corrected chi connectivity index (χ1v) is 13.2. The van der Waals surface area contributed by atoms with Gasteiger partial charge < -0.3 is 21.3 Å². The summed E-state index contributed by atoms with van der Waals surface area (Å²) in [5, 5.41) is 7.32. The maximum Gasteiger partial charge on any atom is 0.193 e. The van der Waals surface area contributed by atoms with E-state index in [2.05, 4.69) is 84.9 Å². The molecule has 0 aromatic carbocycles. The van der Waals surface area contributed by atoms with Gasteiger partial charge in [0, 0.05) is 18.9 Å². The quantitative estimate of drug-likeness (QED) is 0.435. The van der Waals surface area contributed by atoms with Gasteiger partial charge in [0.1, 0.15) is 0 Å². The number of halogens is 1. The molecule has 3 rings (SSSR count). The number of nitrogens with zero attached hydrogens (tertiary/aromatic N) is 4. The van der Waals surface area contributed by atoms with Gasteiger partial charge in [0.25, 0.3) is 0 Å². The van der Waals surface area contributed by atoms with Gasteiger partial charge in [-0.15, -0.1) is 0 Å². The Morgan fingerprint density at radius 3 is 2.22 bits per heavy atom. The van der Waals surface area contributed by atoms with Gasteiger partial charge in [-0.1, -0.05) is 60.1 Å². The highest BCUT2D eigenvalue weighted by atomic mass is 35.5. The number of guanidine groups is 1. The number of hydrogen-bond donors (Lipinski definition) is 3. The Bertz CT molecular complexity index is 1070. The molecule has 3 aliphatic rings. The minimum absolute atomic E-state index is 0.00529. The van der Waals surface area contributed by atoms with Crippen molar-refractivity contribution < 1.29 is 0 Å². The summed E-state index contributed by atoms with van der Waals surface area (Å²) in [6.45, 7) is 22.1. The molecule has 3 aliphatic heterocycles. The van der Waals surface area contributed by atoms with Gasteiger partial charge in [0.15, 0.2) is 5.96 Å². The van der Waals surface area contributed by atoms with Crippen LogP contribution in [0.1, 0.15) is 82.1 Å². The van der Waals surface area contributed by atoms with E-state index in [1.807, 2.05) is 19.5 Å². The van der Waals surface area contributed by atoms with E-state index < -0.39 is 0 Å². The van der Waals surface area contributed by atoms with Crippen LogP contribution >= 0.6 is 11.6 Å². The van der Waals surface area contributed by atoms with Crippen molar-refractivity contribution in [2.24, 2.45) is 37.0 Å².